The smallest absolute Gasteiger partial charge is 0.267 e. The van der Waals surface area contributed by atoms with E-state index in [1.807, 2.05) is 31.3 Å². The molecule has 5 heteroatoms. The third-order valence-electron chi connectivity index (χ3n) is 4.09. The number of para-hydroxylation sites is 2. The number of ether oxygens (including phenoxy) is 2. The number of nitrogens with zero attached hydrogens (tertiary/aromatic N) is 1. The van der Waals surface area contributed by atoms with Crippen LogP contribution in [0.4, 0.5) is 0 Å². The summed E-state index contributed by atoms with van der Waals surface area (Å²) in [5.41, 5.74) is 0. The van der Waals surface area contributed by atoms with Gasteiger partial charge in [-0.05, 0) is 44.0 Å². The van der Waals surface area contributed by atoms with Crippen LogP contribution in [0.25, 0.3) is 0 Å². The molecule has 2 aliphatic heterocycles. The fourth-order valence-electron chi connectivity index (χ4n) is 2.94. The summed E-state index contributed by atoms with van der Waals surface area (Å²) in [5.74, 6) is 1.88. The van der Waals surface area contributed by atoms with Crippen molar-refractivity contribution in [3.05, 3.63) is 24.3 Å². The monoisotopic (exact) mass is 290 g/mol. The molecule has 0 spiro atoms. The Bertz CT molecular complexity index is 500. The summed E-state index contributed by atoms with van der Waals surface area (Å²) in [4.78, 5) is 14.3. The van der Waals surface area contributed by atoms with Crippen molar-refractivity contribution in [3.63, 3.8) is 0 Å². The summed E-state index contributed by atoms with van der Waals surface area (Å²) < 4.78 is 11.4. The molecule has 2 atom stereocenters. The normalized spacial score (nSPS) is 24.4. The largest absolute Gasteiger partial charge is 0.485 e. The lowest BCUT2D eigenvalue weighted by molar-refractivity contribution is -0.140. The van der Waals surface area contributed by atoms with Gasteiger partial charge in [0, 0.05) is 13.6 Å². The van der Waals surface area contributed by atoms with Crippen LogP contribution in [0.2, 0.25) is 0 Å². The van der Waals surface area contributed by atoms with Gasteiger partial charge in [-0.2, -0.15) is 0 Å². The zero-order chi connectivity index (χ0) is 14.7. The van der Waals surface area contributed by atoms with Gasteiger partial charge in [-0.25, -0.2) is 0 Å². The predicted molar refractivity (Wildman–Crippen MR) is 79.6 cm³/mol. The molecule has 2 aliphatic rings. The number of hydrogen-bond donors (Lipinski definition) is 1. The van der Waals surface area contributed by atoms with E-state index in [0.29, 0.717) is 17.4 Å². The molecule has 0 aromatic heterocycles. The molecule has 0 saturated carbocycles. The van der Waals surface area contributed by atoms with Crippen molar-refractivity contribution in [1.29, 1.82) is 0 Å². The van der Waals surface area contributed by atoms with Crippen LogP contribution in [0.15, 0.2) is 24.3 Å². The fourth-order valence-corrected chi connectivity index (χ4v) is 2.94. The molecule has 3 rings (SSSR count). The molecule has 1 aromatic rings. The number of piperidine rings is 1. The van der Waals surface area contributed by atoms with Gasteiger partial charge in [0.05, 0.1) is 0 Å². The number of rotatable bonds is 3. The summed E-state index contributed by atoms with van der Waals surface area (Å²) in [6.45, 7) is 3.13. The van der Waals surface area contributed by atoms with Gasteiger partial charge in [0.2, 0.25) is 6.10 Å². The molecule has 2 heterocycles. The van der Waals surface area contributed by atoms with E-state index >= 15 is 0 Å². The minimum atomic E-state index is -0.540. The van der Waals surface area contributed by atoms with Crippen molar-refractivity contribution < 1.29 is 14.3 Å². The van der Waals surface area contributed by atoms with Gasteiger partial charge in [-0.3, -0.25) is 4.79 Å². The van der Waals surface area contributed by atoms with Gasteiger partial charge in [-0.1, -0.05) is 12.1 Å². The highest BCUT2D eigenvalue weighted by Gasteiger charge is 2.30. The zero-order valence-corrected chi connectivity index (χ0v) is 12.4. The Kier molecular flexibility index (Phi) is 4.29. The SMILES string of the molecule is CN(C[C@H]1CCCNC1)C(=O)[C@H]1COc2ccccc2O1. The Morgan fingerprint density at radius 1 is 1.38 bits per heavy atom. The van der Waals surface area contributed by atoms with Gasteiger partial charge in [-0.15, -0.1) is 0 Å². The van der Waals surface area contributed by atoms with Crippen LogP contribution in [0, 0.1) is 5.92 Å². The van der Waals surface area contributed by atoms with E-state index in [1.54, 1.807) is 4.90 Å². The van der Waals surface area contributed by atoms with E-state index in [2.05, 4.69) is 5.32 Å². The van der Waals surface area contributed by atoms with Crippen LogP contribution in [0.1, 0.15) is 12.8 Å². The summed E-state index contributed by atoms with van der Waals surface area (Å²) in [6.07, 6.45) is 1.82. The number of benzene rings is 1. The van der Waals surface area contributed by atoms with Crippen LogP contribution in [-0.2, 0) is 4.79 Å². The lowest BCUT2D eigenvalue weighted by Crippen LogP contribution is -2.47. The molecule has 1 N–H and O–H groups in total. The predicted octanol–water partition coefficient (Wildman–Crippen LogP) is 1.28. The second-order valence-electron chi connectivity index (χ2n) is 5.80. The second kappa shape index (κ2) is 6.35. The van der Waals surface area contributed by atoms with Gasteiger partial charge < -0.3 is 19.7 Å². The topological polar surface area (TPSA) is 50.8 Å². The molecule has 0 radical (unpaired) electrons. The molecule has 0 aliphatic carbocycles. The van der Waals surface area contributed by atoms with Crippen molar-refractivity contribution in [1.82, 2.24) is 10.2 Å². The first-order chi connectivity index (χ1) is 10.2. The Balaban J connectivity index is 1.58. The number of carbonyl (C=O) groups excluding carboxylic acids is 1. The van der Waals surface area contributed by atoms with Crippen LogP contribution < -0.4 is 14.8 Å². The first kappa shape index (κ1) is 14.2. The highest BCUT2D eigenvalue weighted by molar-refractivity contribution is 5.81. The van der Waals surface area contributed by atoms with Crippen LogP contribution in [0.5, 0.6) is 11.5 Å². The number of likely N-dealkylation sites (N-methyl/N-ethyl adjacent to an activating group) is 1. The molecule has 1 saturated heterocycles. The highest BCUT2D eigenvalue weighted by Crippen LogP contribution is 2.31. The Morgan fingerprint density at radius 3 is 2.95 bits per heavy atom. The number of hydrogen-bond acceptors (Lipinski definition) is 4. The minimum absolute atomic E-state index is 0.00456. The molecule has 0 unspecified atom stereocenters. The van der Waals surface area contributed by atoms with Crippen LogP contribution in [0.3, 0.4) is 0 Å². The van der Waals surface area contributed by atoms with E-state index in [-0.39, 0.29) is 12.5 Å². The van der Waals surface area contributed by atoms with E-state index in [1.165, 1.54) is 12.8 Å². The molecule has 21 heavy (non-hydrogen) atoms. The summed E-state index contributed by atoms with van der Waals surface area (Å²) in [5, 5.41) is 3.38. The maximum Gasteiger partial charge on any atom is 0.267 e. The van der Waals surface area contributed by atoms with Gasteiger partial charge in [0.25, 0.3) is 5.91 Å². The quantitative estimate of drug-likeness (QED) is 0.911. The molecular weight excluding hydrogens is 268 g/mol. The third kappa shape index (κ3) is 3.29. The number of nitrogens with one attached hydrogen (secondary N) is 1. The minimum Gasteiger partial charge on any atom is -0.485 e. The number of amides is 1. The average Bonchev–Trinajstić information content (AvgIpc) is 2.54. The van der Waals surface area contributed by atoms with Crippen LogP contribution >= 0.6 is 0 Å². The highest BCUT2D eigenvalue weighted by atomic mass is 16.6. The molecular formula is C16H22N2O3. The van der Waals surface area contributed by atoms with Gasteiger partial charge in [0.15, 0.2) is 11.5 Å². The van der Waals surface area contributed by atoms with E-state index in [9.17, 15) is 4.79 Å². The first-order valence-electron chi connectivity index (χ1n) is 7.58. The summed E-state index contributed by atoms with van der Waals surface area (Å²) in [6, 6.07) is 7.46. The van der Waals surface area contributed by atoms with E-state index < -0.39 is 6.10 Å². The lowest BCUT2D eigenvalue weighted by atomic mass is 9.99. The lowest BCUT2D eigenvalue weighted by Gasteiger charge is -2.31. The third-order valence-corrected chi connectivity index (χ3v) is 4.09. The maximum absolute atomic E-state index is 12.5. The molecule has 1 fully saturated rings. The molecule has 114 valence electrons. The van der Waals surface area contributed by atoms with Gasteiger partial charge in [0.1, 0.15) is 6.61 Å². The van der Waals surface area contributed by atoms with Crippen molar-refractivity contribution in [2.75, 3.05) is 33.3 Å². The van der Waals surface area contributed by atoms with Crippen molar-refractivity contribution >= 4 is 5.91 Å². The fraction of sp³-hybridized carbons (Fsp3) is 0.562. The Labute approximate surface area is 125 Å². The Morgan fingerprint density at radius 2 is 2.19 bits per heavy atom. The standard InChI is InChI=1S/C16H22N2O3/c1-18(10-12-5-4-8-17-9-12)16(19)15-11-20-13-6-2-3-7-14(13)21-15/h2-3,6-7,12,15,17H,4-5,8-11H2,1H3/t12-,15+/m0/s1. The second-order valence-corrected chi connectivity index (χ2v) is 5.80. The summed E-state index contributed by atoms with van der Waals surface area (Å²) >= 11 is 0. The zero-order valence-electron chi connectivity index (χ0n) is 12.4. The van der Waals surface area contributed by atoms with Crippen LogP contribution in [-0.4, -0.2) is 50.2 Å². The maximum atomic E-state index is 12.5. The number of fused-ring (bicyclic) bond motifs is 1. The molecule has 5 nitrogen and oxygen atoms in total. The number of carbonyl (C=O) groups is 1. The van der Waals surface area contributed by atoms with E-state index in [4.69, 9.17) is 9.47 Å². The summed E-state index contributed by atoms with van der Waals surface area (Å²) in [7, 11) is 1.85. The van der Waals surface area contributed by atoms with E-state index in [0.717, 1.165) is 19.6 Å². The first-order valence-corrected chi connectivity index (χ1v) is 7.58. The molecule has 1 aromatic carbocycles. The van der Waals surface area contributed by atoms with Gasteiger partial charge >= 0.3 is 0 Å². The average molecular weight is 290 g/mol. The van der Waals surface area contributed by atoms with Crippen molar-refractivity contribution in [3.8, 4) is 11.5 Å². The molecule has 0 bridgehead atoms. The molecule has 1 amide bonds. The van der Waals surface area contributed by atoms with Crippen molar-refractivity contribution in [2.24, 2.45) is 5.92 Å². The van der Waals surface area contributed by atoms with Crippen molar-refractivity contribution in [2.45, 2.75) is 18.9 Å². The Hall–Kier alpha value is -1.75.